The first-order valence-electron chi connectivity index (χ1n) is 6.50. The van der Waals surface area contributed by atoms with Gasteiger partial charge in [0.1, 0.15) is 11.5 Å². The Morgan fingerprint density at radius 1 is 1.23 bits per heavy atom. The van der Waals surface area contributed by atoms with Crippen LogP contribution in [0.15, 0.2) is 30.3 Å². The summed E-state index contributed by atoms with van der Waals surface area (Å²) in [6.45, 7) is 2.02. The van der Waals surface area contributed by atoms with E-state index in [2.05, 4.69) is 5.32 Å². The summed E-state index contributed by atoms with van der Waals surface area (Å²) in [5.41, 5.74) is 0.501. The van der Waals surface area contributed by atoms with Crippen molar-refractivity contribution in [2.75, 3.05) is 19.5 Å². The van der Waals surface area contributed by atoms with Crippen molar-refractivity contribution in [1.82, 2.24) is 0 Å². The third kappa shape index (κ3) is 4.02. The summed E-state index contributed by atoms with van der Waals surface area (Å²) in [7, 11) is 3.02. The van der Waals surface area contributed by atoms with Crippen LogP contribution in [-0.4, -0.2) is 20.1 Å². The molecule has 0 aliphatic carbocycles. The molecule has 0 atom stereocenters. The van der Waals surface area contributed by atoms with Crippen LogP contribution in [0.2, 0.25) is 5.02 Å². The molecule has 1 aromatic carbocycles. The predicted octanol–water partition coefficient (Wildman–Crippen LogP) is 4.38. The molecule has 0 aliphatic rings. The lowest BCUT2D eigenvalue weighted by Gasteiger charge is -2.12. The standard InChI is InChI=1S/C16H16ClNO3S/c1-10-4-5-11(22-10)6-7-16(19)18-13-9-14(20-2)12(17)8-15(13)21-3/h4-9H,1-3H3,(H,18,19)/b7-6+. The van der Waals surface area contributed by atoms with E-state index in [0.29, 0.717) is 22.2 Å². The molecule has 0 unspecified atom stereocenters. The third-order valence-corrected chi connectivity index (χ3v) is 4.15. The van der Waals surface area contributed by atoms with Gasteiger partial charge in [-0.1, -0.05) is 11.6 Å². The zero-order valence-corrected chi connectivity index (χ0v) is 14.0. The number of amides is 1. The van der Waals surface area contributed by atoms with Gasteiger partial charge in [0.05, 0.1) is 24.9 Å². The number of anilines is 1. The number of aryl methyl sites for hydroxylation is 1. The second-order valence-corrected chi connectivity index (χ2v) is 6.18. The fourth-order valence-electron chi connectivity index (χ4n) is 1.83. The van der Waals surface area contributed by atoms with Crippen LogP contribution in [0.4, 0.5) is 5.69 Å². The van der Waals surface area contributed by atoms with E-state index in [1.54, 1.807) is 29.5 Å². The van der Waals surface area contributed by atoms with Gasteiger partial charge in [0, 0.05) is 28.0 Å². The van der Waals surface area contributed by atoms with Crippen LogP contribution < -0.4 is 14.8 Å². The number of hydrogen-bond donors (Lipinski definition) is 1. The maximum atomic E-state index is 12.0. The Morgan fingerprint density at radius 2 is 1.95 bits per heavy atom. The van der Waals surface area contributed by atoms with Crippen LogP contribution in [0.1, 0.15) is 9.75 Å². The third-order valence-electron chi connectivity index (χ3n) is 2.89. The molecule has 0 bridgehead atoms. The molecule has 1 heterocycles. The van der Waals surface area contributed by atoms with Gasteiger partial charge in [-0.05, 0) is 25.1 Å². The quantitative estimate of drug-likeness (QED) is 0.824. The average molecular weight is 338 g/mol. The monoisotopic (exact) mass is 337 g/mol. The molecule has 2 rings (SSSR count). The number of rotatable bonds is 5. The summed E-state index contributed by atoms with van der Waals surface area (Å²) in [6, 6.07) is 7.20. The van der Waals surface area contributed by atoms with E-state index >= 15 is 0 Å². The van der Waals surface area contributed by atoms with Crippen LogP contribution >= 0.6 is 22.9 Å². The molecule has 4 nitrogen and oxygen atoms in total. The Labute approximate surface area is 138 Å². The Bertz CT molecular complexity index is 709. The zero-order chi connectivity index (χ0) is 16.1. The van der Waals surface area contributed by atoms with Crippen LogP contribution in [0.3, 0.4) is 0 Å². The number of hydrogen-bond acceptors (Lipinski definition) is 4. The molecule has 2 aromatic rings. The fraction of sp³-hybridized carbons (Fsp3) is 0.188. The molecule has 22 heavy (non-hydrogen) atoms. The smallest absolute Gasteiger partial charge is 0.248 e. The molecule has 0 saturated heterocycles. The van der Waals surface area contributed by atoms with Crippen LogP contribution in [-0.2, 0) is 4.79 Å². The predicted molar refractivity (Wildman–Crippen MR) is 91.3 cm³/mol. The summed E-state index contributed by atoms with van der Waals surface area (Å²) < 4.78 is 10.4. The highest BCUT2D eigenvalue weighted by Gasteiger charge is 2.11. The van der Waals surface area contributed by atoms with Crippen LogP contribution in [0.25, 0.3) is 6.08 Å². The van der Waals surface area contributed by atoms with E-state index in [4.69, 9.17) is 21.1 Å². The molecule has 0 radical (unpaired) electrons. The second-order valence-electron chi connectivity index (χ2n) is 4.46. The first-order valence-corrected chi connectivity index (χ1v) is 7.70. The second kappa shape index (κ2) is 7.33. The molecule has 0 aliphatic heterocycles. The van der Waals surface area contributed by atoms with E-state index in [1.165, 1.54) is 25.2 Å². The van der Waals surface area contributed by atoms with Crippen molar-refractivity contribution >= 4 is 40.6 Å². The lowest BCUT2D eigenvalue weighted by Crippen LogP contribution is -2.09. The number of ether oxygens (including phenoxy) is 2. The van der Waals surface area contributed by atoms with E-state index in [-0.39, 0.29) is 5.91 Å². The molecule has 116 valence electrons. The van der Waals surface area contributed by atoms with Gasteiger partial charge in [-0.15, -0.1) is 11.3 Å². The summed E-state index contributed by atoms with van der Waals surface area (Å²) in [4.78, 5) is 14.2. The molecular weight excluding hydrogens is 322 g/mol. The van der Waals surface area contributed by atoms with Crippen molar-refractivity contribution in [3.8, 4) is 11.5 Å². The van der Waals surface area contributed by atoms with Gasteiger partial charge in [-0.3, -0.25) is 4.79 Å². The molecule has 0 spiro atoms. The normalized spacial score (nSPS) is 10.7. The molecule has 6 heteroatoms. The molecule has 1 N–H and O–H groups in total. The number of halogens is 1. The summed E-state index contributed by atoms with van der Waals surface area (Å²) in [5.74, 6) is 0.684. The average Bonchev–Trinajstić information content (AvgIpc) is 2.92. The highest BCUT2D eigenvalue weighted by Crippen LogP contribution is 2.35. The minimum absolute atomic E-state index is 0.256. The minimum atomic E-state index is -0.256. The summed E-state index contributed by atoms with van der Waals surface area (Å²) in [6.07, 6.45) is 3.25. The number of benzene rings is 1. The van der Waals surface area contributed by atoms with Gasteiger partial charge in [0.2, 0.25) is 5.91 Å². The highest BCUT2D eigenvalue weighted by molar-refractivity contribution is 7.12. The number of carbonyl (C=O) groups is 1. The molecule has 1 aromatic heterocycles. The molecule has 0 fully saturated rings. The fourth-order valence-corrected chi connectivity index (χ4v) is 2.84. The van der Waals surface area contributed by atoms with Gasteiger partial charge >= 0.3 is 0 Å². The largest absolute Gasteiger partial charge is 0.495 e. The lowest BCUT2D eigenvalue weighted by atomic mass is 10.2. The summed E-state index contributed by atoms with van der Waals surface area (Å²) >= 11 is 7.65. The SMILES string of the molecule is COc1cc(NC(=O)/C=C/c2ccc(C)s2)c(OC)cc1Cl. The van der Waals surface area contributed by atoms with Gasteiger partial charge in [-0.2, -0.15) is 0 Å². The van der Waals surface area contributed by atoms with E-state index in [0.717, 1.165) is 4.88 Å². The van der Waals surface area contributed by atoms with Crippen molar-refractivity contribution in [1.29, 1.82) is 0 Å². The Kier molecular flexibility index (Phi) is 5.46. The van der Waals surface area contributed by atoms with Crippen molar-refractivity contribution < 1.29 is 14.3 Å². The van der Waals surface area contributed by atoms with E-state index in [9.17, 15) is 4.79 Å². The van der Waals surface area contributed by atoms with E-state index in [1.807, 2.05) is 19.1 Å². The molecular formula is C16H16ClNO3S. The minimum Gasteiger partial charge on any atom is -0.495 e. The highest BCUT2D eigenvalue weighted by atomic mass is 35.5. The van der Waals surface area contributed by atoms with Crippen LogP contribution in [0.5, 0.6) is 11.5 Å². The summed E-state index contributed by atoms with van der Waals surface area (Å²) in [5, 5.41) is 3.17. The van der Waals surface area contributed by atoms with Crippen molar-refractivity contribution in [3.05, 3.63) is 45.1 Å². The van der Waals surface area contributed by atoms with Crippen molar-refractivity contribution in [2.45, 2.75) is 6.92 Å². The first-order chi connectivity index (χ1) is 10.5. The Morgan fingerprint density at radius 3 is 2.55 bits per heavy atom. The maximum Gasteiger partial charge on any atom is 0.248 e. The van der Waals surface area contributed by atoms with Gasteiger partial charge in [-0.25, -0.2) is 0 Å². The van der Waals surface area contributed by atoms with Crippen LogP contribution in [0, 0.1) is 6.92 Å². The van der Waals surface area contributed by atoms with Crippen molar-refractivity contribution in [3.63, 3.8) is 0 Å². The Hall–Kier alpha value is -1.98. The van der Waals surface area contributed by atoms with Gasteiger partial charge < -0.3 is 14.8 Å². The zero-order valence-electron chi connectivity index (χ0n) is 12.5. The number of thiophene rings is 1. The van der Waals surface area contributed by atoms with Crippen molar-refractivity contribution in [2.24, 2.45) is 0 Å². The first kappa shape index (κ1) is 16.4. The lowest BCUT2D eigenvalue weighted by molar-refractivity contribution is -0.111. The molecule has 1 amide bonds. The molecule has 0 saturated carbocycles. The van der Waals surface area contributed by atoms with Gasteiger partial charge in [0.15, 0.2) is 0 Å². The maximum absolute atomic E-state index is 12.0. The van der Waals surface area contributed by atoms with E-state index < -0.39 is 0 Å². The van der Waals surface area contributed by atoms with Gasteiger partial charge in [0.25, 0.3) is 0 Å². The number of methoxy groups -OCH3 is 2. The Balaban J connectivity index is 2.15. The number of carbonyl (C=O) groups excluding carboxylic acids is 1. The topological polar surface area (TPSA) is 47.6 Å². The number of nitrogens with one attached hydrogen (secondary N) is 1.